The zero-order valence-corrected chi connectivity index (χ0v) is 9.89. The molecule has 1 aromatic carbocycles. The molecular weight excluding hydrogens is 191 g/mol. The second-order valence-corrected chi connectivity index (χ2v) is 5.24. The van der Waals surface area contributed by atoms with Gasteiger partial charge in [0.1, 0.15) is 7.28 Å². The van der Waals surface area contributed by atoms with Gasteiger partial charge < -0.3 is 0 Å². The van der Waals surface area contributed by atoms with Gasteiger partial charge in [0.2, 0.25) is 0 Å². The lowest BCUT2D eigenvalue weighted by atomic mass is 9.75. The van der Waals surface area contributed by atoms with Crippen LogP contribution in [0.3, 0.4) is 0 Å². The van der Waals surface area contributed by atoms with E-state index in [1.165, 1.54) is 18.4 Å². The smallest absolute Gasteiger partial charge is 0.0917 e. The molecule has 0 N–H and O–H groups in total. The lowest BCUT2D eigenvalue weighted by molar-refractivity contribution is 0.585. The molecule has 81 valence electrons. The fraction of sp³-hybridized carbons (Fsp3) is 0.467. The summed E-state index contributed by atoms with van der Waals surface area (Å²) < 4.78 is 0. The first-order valence-corrected chi connectivity index (χ1v) is 6.42. The van der Waals surface area contributed by atoms with Crippen LogP contribution in [-0.2, 0) is 6.32 Å². The first kappa shape index (κ1) is 10.2. The van der Waals surface area contributed by atoms with Crippen LogP contribution in [-0.4, -0.2) is 7.28 Å². The van der Waals surface area contributed by atoms with Gasteiger partial charge in [0.05, 0.1) is 0 Å². The quantitative estimate of drug-likeness (QED) is 0.526. The molecule has 1 heteroatoms. The molecule has 1 saturated carbocycles. The summed E-state index contributed by atoms with van der Waals surface area (Å²) in [6.07, 6.45) is 8.72. The van der Waals surface area contributed by atoms with Crippen molar-refractivity contribution < 1.29 is 0 Å². The molecule has 0 spiro atoms. The third-order valence-corrected chi connectivity index (χ3v) is 4.13. The second-order valence-electron chi connectivity index (χ2n) is 5.24. The van der Waals surface area contributed by atoms with Gasteiger partial charge in [-0.15, -0.1) is 0 Å². The molecule has 0 heterocycles. The second kappa shape index (κ2) is 4.12. The van der Waals surface area contributed by atoms with Gasteiger partial charge in [-0.3, -0.25) is 0 Å². The predicted octanol–water partition coefficient (Wildman–Crippen LogP) is 3.62. The molecule has 16 heavy (non-hydrogen) atoms. The fourth-order valence-electron chi connectivity index (χ4n) is 3.30. The van der Waals surface area contributed by atoms with Crippen LogP contribution in [0.1, 0.15) is 29.9 Å². The van der Waals surface area contributed by atoms with E-state index < -0.39 is 0 Å². The van der Waals surface area contributed by atoms with Crippen molar-refractivity contribution in [3.8, 4) is 0 Å². The van der Waals surface area contributed by atoms with Crippen LogP contribution in [0.5, 0.6) is 0 Å². The minimum absolute atomic E-state index is 0.801. The molecule has 0 aromatic heterocycles. The van der Waals surface area contributed by atoms with Crippen molar-refractivity contribution in [3.63, 3.8) is 0 Å². The van der Waals surface area contributed by atoms with Crippen molar-refractivity contribution in [2.75, 3.05) is 0 Å². The van der Waals surface area contributed by atoms with E-state index in [1.54, 1.807) is 5.56 Å². The zero-order chi connectivity index (χ0) is 11.0. The Kier molecular flexibility index (Phi) is 2.63. The number of hydrogen-bond donors (Lipinski definition) is 0. The average molecular weight is 209 g/mol. The maximum Gasteiger partial charge on any atom is 0.111 e. The maximum absolute atomic E-state index is 2.44. The Hall–Kier alpha value is -0.975. The first-order valence-electron chi connectivity index (χ1n) is 6.42. The molecule has 0 saturated heterocycles. The minimum Gasteiger partial charge on any atom is -0.0917 e. The average Bonchev–Trinajstić information content (AvgIpc) is 2.92. The molecule has 1 fully saturated rings. The molecular formula is C15H18B. The van der Waals surface area contributed by atoms with Crippen molar-refractivity contribution in [2.45, 2.75) is 31.9 Å². The van der Waals surface area contributed by atoms with Crippen LogP contribution in [0.2, 0.25) is 6.82 Å². The molecule has 2 aliphatic rings. The lowest BCUT2D eigenvalue weighted by Crippen LogP contribution is -2.05. The Labute approximate surface area is 99.0 Å². The van der Waals surface area contributed by atoms with Crippen LogP contribution in [0.4, 0.5) is 0 Å². The summed E-state index contributed by atoms with van der Waals surface area (Å²) >= 11 is 0. The Bertz CT molecular complexity index is 390. The van der Waals surface area contributed by atoms with Gasteiger partial charge in [-0.2, -0.15) is 0 Å². The summed E-state index contributed by atoms with van der Waals surface area (Å²) in [5, 5.41) is 0. The molecule has 3 rings (SSSR count). The molecule has 0 nitrogen and oxygen atoms in total. The first-order chi connectivity index (χ1) is 7.86. The van der Waals surface area contributed by atoms with Gasteiger partial charge in [0, 0.05) is 0 Å². The molecule has 1 aromatic rings. The molecule has 1 radical (unpaired) electrons. The van der Waals surface area contributed by atoms with Gasteiger partial charge in [-0.05, 0) is 36.2 Å². The molecule has 2 aliphatic carbocycles. The third kappa shape index (κ3) is 1.73. The summed E-state index contributed by atoms with van der Waals surface area (Å²) in [6, 6.07) is 9.28. The summed E-state index contributed by atoms with van der Waals surface area (Å²) in [7, 11) is 2.22. The monoisotopic (exact) mass is 209 g/mol. The number of fused-ring (bicyclic) bond motifs is 2. The largest absolute Gasteiger partial charge is 0.111 e. The molecule has 1 unspecified atom stereocenters. The molecule has 3 atom stereocenters. The fourth-order valence-corrected chi connectivity index (χ4v) is 3.30. The van der Waals surface area contributed by atoms with Crippen molar-refractivity contribution >= 4 is 7.28 Å². The Morgan fingerprint density at radius 3 is 2.50 bits per heavy atom. The van der Waals surface area contributed by atoms with Crippen molar-refractivity contribution in [1.29, 1.82) is 0 Å². The SMILES string of the molecule is C[B]Cc1ccc(C2C[C@@H]3C=C[C@H]2C3)cc1. The highest BCUT2D eigenvalue weighted by molar-refractivity contribution is 6.32. The molecule has 2 bridgehead atoms. The van der Waals surface area contributed by atoms with Crippen molar-refractivity contribution in [2.24, 2.45) is 11.8 Å². The Morgan fingerprint density at radius 2 is 1.94 bits per heavy atom. The number of rotatable bonds is 3. The van der Waals surface area contributed by atoms with Gasteiger partial charge in [0.25, 0.3) is 0 Å². The summed E-state index contributed by atoms with van der Waals surface area (Å²) in [5.74, 6) is 2.50. The highest BCUT2D eigenvalue weighted by Crippen LogP contribution is 2.48. The minimum atomic E-state index is 0.801. The van der Waals surface area contributed by atoms with Crippen molar-refractivity contribution in [3.05, 3.63) is 47.5 Å². The number of benzene rings is 1. The normalized spacial score (nSPS) is 30.9. The van der Waals surface area contributed by atoms with Gasteiger partial charge in [-0.1, -0.05) is 55.1 Å². The van der Waals surface area contributed by atoms with E-state index in [0.29, 0.717) is 0 Å². The Balaban J connectivity index is 1.77. The summed E-state index contributed by atoms with van der Waals surface area (Å²) in [4.78, 5) is 0. The zero-order valence-electron chi connectivity index (χ0n) is 9.89. The lowest BCUT2D eigenvalue weighted by Gasteiger charge is -2.18. The number of allylic oxidation sites excluding steroid dienone is 2. The maximum atomic E-state index is 2.44. The highest BCUT2D eigenvalue weighted by Gasteiger charge is 2.36. The van der Waals surface area contributed by atoms with Crippen LogP contribution < -0.4 is 0 Å². The van der Waals surface area contributed by atoms with E-state index in [9.17, 15) is 0 Å². The van der Waals surface area contributed by atoms with Crippen LogP contribution in [0.15, 0.2) is 36.4 Å². The third-order valence-electron chi connectivity index (χ3n) is 4.13. The van der Waals surface area contributed by atoms with Crippen LogP contribution in [0.25, 0.3) is 0 Å². The van der Waals surface area contributed by atoms with E-state index in [4.69, 9.17) is 0 Å². The van der Waals surface area contributed by atoms with E-state index in [0.717, 1.165) is 24.1 Å². The number of hydrogen-bond acceptors (Lipinski definition) is 0. The topological polar surface area (TPSA) is 0 Å². The van der Waals surface area contributed by atoms with E-state index in [-0.39, 0.29) is 0 Å². The molecule has 0 amide bonds. The highest BCUT2D eigenvalue weighted by atomic mass is 14.4. The van der Waals surface area contributed by atoms with Gasteiger partial charge in [-0.25, -0.2) is 0 Å². The van der Waals surface area contributed by atoms with Gasteiger partial charge >= 0.3 is 0 Å². The summed E-state index contributed by atoms with van der Waals surface area (Å²) in [5.41, 5.74) is 2.99. The van der Waals surface area contributed by atoms with E-state index in [1.807, 2.05) is 0 Å². The Morgan fingerprint density at radius 1 is 1.12 bits per heavy atom. The standard InChI is InChI=1S/C15H18B/c1-16-10-11-2-5-13(6-3-11)15-9-12-4-7-14(15)8-12/h2-7,12,14-15H,8-10H2,1H3/t12-,14+,15?/m1/s1. The van der Waals surface area contributed by atoms with Gasteiger partial charge in [0.15, 0.2) is 0 Å². The van der Waals surface area contributed by atoms with Crippen LogP contribution >= 0.6 is 0 Å². The van der Waals surface area contributed by atoms with E-state index >= 15 is 0 Å². The summed E-state index contributed by atoms with van der Waals surface area (Å²) in [6.45, 7) is 2.12. The van der Waals surface area contributed by atoms with E-state index in [2.05, 4.69) is 50.5 Å². The predicted molar refractivity (Wildman–Crippen MR) is 69.9 cm³/mol. The van der Waals surface area contributed by atoms with Crippen molar-refractivity contribution in [1.82, 2.24) is 0 Å². The molecule has 0 aliphatic heterocycles. The van der Waals surface area contributed by atoms with Crippen LogP contribution in [0, 0.1) is 11.8 Å².